The predicted octanol–water partition coefficient (Wildman–Crippen LogP) is 2.08. The summed E-state index contributed by atoms with van der Waals surface area (Å²) >= 11 is 1.85. The second-order valence-electron chi connectivity index (χ2n) is 4.50. The van der Waals surface area contributed by atoms with Crippen LogP contribution in [0.1, 0.15) is 25.2 Å². The molecule has 0 amide bonds. The maximum absolute atomic E-state index is 4.62. The van der Waals surface area contributed by atoms with Gasteiger partial charge in [0.1, 0.15) is 0 Å². The molecule has 0 aliphatic carbocycles. The average Bonchev–Trinajstić information content (AvgIpc) is 2.35. The molecule has 1 unspecified atom stereocenters. The quantitative estimate of drug-likeness (QED) is 0.820. The monoisotopic (exact) mass is 268 g/mol. The fourth-order valence-corrected chi connectivity index (χ4v) is 2.37. The van der Waals surface area contributed by atoms with Gasteiger partial charge >= 0.3 is 0 Å². The van der Waals surface area contributed by atoms with Gasteiger partial charge in [0.05, 0.1) is 5.69 Å². The van der Waals surface area contributed by atoms with Crippen molar-refractivity contribution in [2.75, 3.05) is 30.5 Å². The SMILES string of the molecule is CCNCc1cc(C)nc(N(C)C(C)CSC)n1. The summed E-state index contributed by atoms with van der Waals surface area (Å²) in [6, 6.07) is 2.48. The minimum Gasteiger partial charge on any atom is -0.340 e. The van der Waals surface area contributed by atoms with Crippen LogP contribution < -0.4 is 10.2 Å². The number of aryl methyl sites for hydroxylation is 1. The summed E-state index contributed by atoms with van der Waals surface area (Å²) < 4.78 is 0. The van der Waals surface area contributed by atoms with Crippen LogP contribution >= 0.6 is 11.8 Å². The second-order valence-corrected chi connectivity index (χ2v) is 5.41. The molecule has 1 aromatic heterocycles. The number of nitrogens with zero attached hydrogens (tertiary/aromatic N) is 3. The molecular formula is C13H24N4S. The Morgan fingerprint density at radius 3 is 2.78 bits per heavy atom. The van der Waals surface area contributed by atoms with E-state index in [4.69, 9.17) is 0 Å². The molecule has 102 valence electrons. The maximum atomic E-state index is 4.62. The van der Waals surface area contributed by atoms with Gasteiger partial charge in [0.25, 0.3) is 0 Å². The zero-order valence-electron chi connectivity index (χ0n) is 12.0. The van der Waals surface area contributed by atoms with E-state index in [0.717, 1.165) is 36.2 Å². The Morgan fingerprint density at radius 1 is 1.44 bits per heavy atom. The third-order valence-electron chi connectivity index (χ3n) is 2.84. The van der Waals surface area contributed by atoms with Gasteiger partial charge in [-0.1, -0.05) is 6.92 Å². The molecule has 0 fully saturated rings. The van der Waals surface area contributed by atoms with Crippen LogP contribution in [0, 0.1) is 6.92 Å². The van der Waals surface area contributed by atoms with Gasteiger partial charge in [0.15, 0.2) is 0 Å². The van der Waals surface area contributed by atoms with Gasteiger partial charge in [-0.2, -0.15) is 11.8 Å². The Kier molecular flexibility index (Phi) is 6.43. The highest BCUT2D eigenvalue weighted by atomic mass is 32.2. The lowest BCUT2D eigenvalue weighted by Gasteiger charge is -2.24. The maximum Gasteiger partial charge on any atom is 0.225 e. The molecule has 0 saturated carbocycles. The molecular weight excluding hydrogens is 244 g/mol. The van der Waals surface area contributed by atoms with Crippen LogP contribution in [0.15, 0.2) is 6.07 Å². The molecule has 0 bridgehead atoms. The first-order chi connectivity index (χ1) is 8.58. The van der Waals surface area contributed by atoms with Gasteiger partial charge < -0.3 is 10.2 Å². The Bertz CT molecular complexity index is 370. The molecule has 0 radical (unpaired) electrons. The van der Waals surface area contributed by atoms with Crippen molar-refractivity contribution < 1.29 is 0 Å². The van der Waals surface area contributed by atoms with Crippen molar-refractivity contribution in [1.82, 2.24) is 15.3 Å². The van der Waals surface area contributed by atoms with E-state index >= 15 is 0 Å². The van der Waals surface area contributed by atoms with Crippen molar-refractivity contribution >= 4 is 17.7 Å². The standard InChI is InChI=1S/C13H24N4S/c1-6-14-8-12-7-10(2)15-13(16-12)17(4)11(3)9-18-5/h7,11,14H,6,8-9H2,1-5H3. The summed E-state index contributed by atoms with van der Waals surface area (Å²) in [5.74, 6) is 1.90. The molecule has 0 aliphatic heterocycles. The van der Waals surface area contributed by atoms with Crippen LogP contribution in [0.4, 0.5) is 5.95 Å². The van der Waals surface area contributed by atoms with E-state index in [1.165, 1.54) is 0 Å². The Morgan fingerprint density at radius 2 is 2.17 bits per heavy atom. The average molecular weight is 268 g/mol. The van der Waals surface area contributed by atoms with Crippen LogP contribution in [-0.4, -0.2) is 41.6 Å². The second kappa shape index (κ2) is 7.59. The fraction of sp³-hybridized carbons (Fsp3) is 0.692. The Labute approximate surface area is 115 Å². The largest absolute Gasteiger partial charge is 0.340 e. The normalized spacial score (nSPS) is 12.5. The lowest BCUT2D eigenvalue weighted by molar-refractivity contribution is 0.691. The molecule has 5 heteroatoms. The van der Waals surface area contributed by atoms with Crippen LogP contribution in [0.25, 0.3) is 0 Å². The zero-order valence-corrected chi connectivity index (χ0v) is 12.8. The molecule has 1 N–H and O–H groups in total. The summed E-state index contributed by atoms with van der Waals surface area (Å²) in [5, 5.41) is 3.30. The first-order valence-corrected chi connectivity index (χ1v) is 7.74. The number of nitrogens with one attached hydrogen (secondary N) is 1. The van der Waals surface area contributed by atoms with Gasteiger partial charge in [-0.3, -0.25) is 0 Å². The lowest BCUT2D eigenvalue weighted by Crippen LogP contribution is -2.32. The van der Waals surface area contributed by atoms with E-state index in [0.29, 0.717) is 6.04 Å². The highest BCUT2D eigenvalue weighted by Gasteiger charge is 2.13. The topological polar surface area (TPSA) is 41.1 Å². The lowest BCUT2D eigenvalue weighted by atomic mass is 10.3. The minimum atomic E-state index is 0.439. The zero-order chi connectivity index (χ0) is 13.5. The van der Waals surface area contributed by atoms with Gasteiger partial charge in [0.2, 0.25) is 5.95 Å². The smallest absolute Gasteiger partial charge is 0.225 e. The molecule has 1 rings (SSSR count). The molecule has 18 heavy (non-hydrogen) atoms. The van der Waals surface area contributed by atoms with E-state index in [-0.39, 0.29) is 0 Å². The number of anilines is 1. The molecule has 1 atom stereocenters. The van der Waals surface area contributed by atoms with Crippen molar-refractivity contribution in [3.8, 4) is 0 Å². The Balaban J connectivity index is 2.84. The first kappa shape index (κ1) is 15.2. The number of hydrogen-bond donors (Lipinski definition) is 1. The van der Waals surface area contributed by atoms with Gasteiger partial charge in [-0.15, -0.1) is 0 Å². The van der Waals surface area contributed by atoms with Gasteiger partial charge in [-0.25, -0.2) is 9.97 Å². The van der Waals surface area contributed by atoms with Crippen molar-refractivity contribution in [2.24, 2.45) is 0 Å². The van der Waals surface area contributed by atoms with E-state index in [1.807, 2.05) is 24.8 Å². The van der Waals surface area contributed by atoms with Gasteiger partial charge in [0, 0.05) is 31.1 Å². The van der Waals surface area contributed by atoms with E-state index in [1.54, 1.807) is 0 Å². The number of thioether (sulfide) groups is 1. The summed E-state index contributed by atoms with van der Waals surface area (Å²) in [5.41, 5.74) is 2.08. The first-order valence-electron chi connectivity index (χ1n) is 6.35. The fourth-order valence-electron chi connectivity index (χ4n) is 1.67. The summed E-state index contributed by atoms with van der Waals surface area (Å²) in [6.07, 6.45) is 2.12. The van der Waals surface area contributed by atoms with E-state index < -0.39 is 0 Å². The van der Waals surface area contributed by atoms with Crippen LogP contribution in [0.5, 0.6) is 0 Å². The highest BCUT2D eigenvalue weighted by molar-refractivity contribution is 7.98. The summed E-state index contributed by atoms with van der Waals surface area (Å²) in [6.45, 7) is 8.08. The molecule has 0 aliphatic rings. The van der Waals surface area contributed by atoms with Crippen LogP contribution in [-0.2, 0) is 6.54 Å². The van der Waals surface area contributed by atoms with Crippen molar-refractivity contribution in [3.63, 3.8) is 0 Å². The molecule has 0 saturated heterocycles. The van der Waals surface area contributed by atoms with Crippen molar-refractivity contribution in [2.45, 2.75) is 33.4 Å². The number of rotatable bonds is 7. The van der Waals surface area contributed by atoms with Crippen LogP contribution in [0.2, 0.25) is 0 Å². The third-order valence-corrected chi connectivity index (χ3v) is 3.65. The van der Waals surface area contributed by atoms with Crippen molar-refractivity contribution in [1.29, 1.82) is 0 Å². The highest BCUT2D eigenvalue weighted by Crippen LogP contribution is 2.13. The third kappa shape index (κ3) is 4.46. The van der Waals surface area contributed by atoms with Gasteiger partial charge in [-0.05, 0) is 32.7 Å². The summed E-state index contributed by atoms with van der Waals surface area (Å²) in [4.78, 5) is 11.3. The number of aromatic nitrogens is 2. The number of hydrogen-bond acceptors (Lipinski definition) is 5. The van der Waals surface area contributed by atoms with E-state index in [2.05, 4.69) is 47.3 Å². The van der Waals surface area contributed by atoms with Crippen molar-refractivity contribution in [3.05, 3.63) is 17.5 Å². The minimum absolute atomic E-state index is 0.439. The van der Waals surface area contributed by atoms with E-state index in [9.17, 15) is 0 Å². The van der Waals surface area contributed by atoms with Crippen LogP contribution in [0.3, 0.4) is 0 Å². The summed E-state index contributed by atoms with van der Waals surface area (Å²) in [7, 11) is 2.06. The predicted molar refractivity (Wildman–Crippen MR) is 80.4 cm³/mol. The molecule has 1 heterocycles. The molecule has 0 spiro atoms. The molecule has 0 aromatic carbocycles. The molecule has 4 nitrogen and oxygen atoms in total. The Hall–Kier alpha value is -0.810. The molecule has 1 aromatic rings.